The van der Waals surface area contributed by atoms with Crippen LogP contribution in [0.4, 0.5) is 5.69 Å². The Balaban J connectivity index is 2.29. The Morgan fingerprint density at radius 2 is 2.00 bits per heavy atom. The molecule has 0 amide bonds. The highest BCUT2D eigenvalue weighted by molar-refractivity contribution is 7.99. The molecule has 0 radical (unpaired) electrons. The lowest BCUT2D eigenvalue weighted by Crippen LogP contribution is -2.06. The molecule has 0 fully saturated rings. The third kappa shape index (κ3) is 4.31. The van der Waals surface area contributed by atoms with Crippen molar-refractivity contribution in [2.24, 2.45) is 0 Å². The van der Waals surface area contributed by atoms with Gasteiger partial charge >= 0.3 is 5.97 Å². The van der Waals surface area contributed by atoms with Crippen molar-refractivity contribution in [3.05, 3.63) is 63.7 Å². The van der Waals surface area contributed by atoms with Gasteiger partial charge in [0, 0.05) is 11.0 Å². The van der Waals surface area contributed by atoms with E-state index in [1.807, 2.05) is 31.2 Å². The fraction of sp³-hybridized carbons (Fsp3) is 0.125. The molecule has 0 unspecified atom stereocenters. The molecule has 2 aromatic rings. The Kier molecular flexibility index (Phi) is 5.33. The van der Waals surface area contributed by atoms with E-state index in [0.717, 1.165) is 16.5 Å². The van der Waals surface area contributed by atoms with E-state index in [1.165, 1.54) is 23.9 Å². The molecule has 2 rings (SSSR count). The van der Waals surface area contributed by atoms with Crippen molar-refractivity contribution in [1.29, 1.82) is 5.26 Å². The SMILES string of the molecule is Cc1ccc(Sc2ccc(C(=O)OCC#N)cc2[N+](=O)[O-])cc1. The maximum absolute atomic E-state index is 11.7. The molecule has 2 aromatic carbocycles. The van der Waals surface area contributed by atoms with Crippen molar-refractivity contribution in [2.75, 3.05) is 6.61 Å². The third-order valence-corrected chi connectivity index (χ3v) is 3.98. The first-order valence-corrected chi connectivity index (χ1v) is 7.40. The van der Waals surface area contributed by atoms with Crippen molar-refractivity contribution >= 4 is 23.4 Å². The lowest BCUT2D eigenvalue weighted by molar-refractivity contribution is -0.387. The summed E-state index contributed by atoms with van der Waals surface area (Å²) in [6.07, 6.45) is 0. The van der Waals surface area contributed by atoms with Gasteiger partial charge in [0.1, 0.15) is 6.07 Å². The molecule has 0 aliphatic heterocycles. The molecule has 0 aromatic heterocycles. The average molecular weight is 328 g/mol. The summed E-state index contributed by atoms with van der Waals surface area (Å²) >= 11 is 1.24. The van der Waals surface area contributed by atoms with Crippen molar-refractivity contribution in [2.45, 2.75) is 16.7 Å². The molecule has 7 heteroatoms. The average Bonchev–Trinajstić information content (AvgIpc) is 2.54. The molecule has 0 heterocycles. The second kappa shape index (κ2) is 7.42. The zero-order valence-electron chi connectivity index (χ0n) is 12.2. The normalized spacial score (nSPS) is 9.91. The van der Waals surface area contributed by atoms with Crippen LogP contribution in [0.15, 0.2) is 52.3 Å². The lowest BCUT2D eigenvalue weighted by atomic mass is 10.2. The lowest BCUT2D eigenvalue weighted by Gasteiger charge is -2.06. The molecule has 0 aliphatic rings. The highest BCUT2D eigenvalue weighted by Gasteiger charge is 2.19. The number of nitro benzene ring substituents is 1. The van der Waals surface area contributed by atoms with Gasteiger partial charge in [-0.15, -0.1) is 0 Å². The Bertz CT molecular complexity index is 782. The number of hydrogen-bond donors (Lipinski definition) is 0. The fourth-order valence-corrected chi connectivity index (χ4v) is 2.69. The summed E-state index contributed by atoms with van der Waals surface area (Å²) in [7, 11) is 0. The standard InChI is InChI=1S/C16H12N2O4S/c1-11-2-5-13(6-3-11)23-15-7-4-12(10-14(15)18(20)21)16(19)22-9-8-17/h2-7,10H,9H2,1H3. The molecule has 0 N–H and O–H groups in total. The van der Waals surface area contributed by atoms with Crippen molar-refractivity contribution in [3.63, 3.8) is 0 Å². The van der Waals surface area contributed by atoms with Gasteiger partial charge in [0.05, 0.1) is 15.4 Å². The Morgan fingerprint density at radius 3 is 2.61 bits per heavy atom. The smallest absolute Gasteiger partial charge is 0.339 e. The molecular formula is C16H12N2O4S. The molecule has 0 bridgehead atoms. The summed E-state index contributed by atoms with van der Waals surface area (Å²) in [6, 6.07) is 13.4. The van der Waals surface area contributed by atoms with Crippen LogP contribution >= 0.6 is 11.8 Å². The number of nitriles is 1. The van der Waals surface area contributed by atoms with Gasteiger partial charge in [-0.2, -0.15) is 5.26 Å². The fourth-order valence-electron chi connectivity index (χ4n) is 1.79. The summed E-state index contributed by atoms with van der Waals surface area (Å²) in [6.45, 7) is 1.56. The summed E-state index contributed by atoms with van der Waals surface area (Å²) in [5.41, 5.74) is 0.960. The number of hydrogen-bond acceptors (Lipinski definition) is 6. The van der Waals surface area contributed by atoms with E-state index in [9.17, 15) is 14.9 Å². The van der Waals surface area contributed by atoms with Gasteiger partial charge in [0.2, 0.25) is 0 Å². The maximum atomic E-state index is 11.7. The molecule has 0 atom stereocenters. The molecule has 23 heavy (non-hydrogen) atoms. The number of carbonyl (C=O) groups excluding carboxylic acids is 1. The molecule has 0 spiro atoms. The van der Waals surface area contributed by atoms with Crippen LogP contribution in [0, 0.1) is 28.4 Å². The minimum absolute atomic E-state index is 0.0419. The zero-order valence-corrected chi connectivity index (χ0v) is 13.0. The molecule has 6 nitrogen and oxygen atoms in total. The molecule has 0 saturated heterocycles. The predicted molar refractivity (Wildman–Crippen MR) is 84.3 cm³/mol. The topological polar surface area (TPSA) is 93.2 Å². The van der Waals surface area contributed by atoms with Crippen LogP contribution in [-0.4, -0.2) is 17.5 Å². The van der Waals surface area contributed by atoms with Crippen LogP contribution < -0.4 is 0 Å². The van der Waals surface area contributed by atoms with Gasteiger partial charge in [-0.1, -0.05) is 29.5 Å². The molecule has 0 aliphatic carbocycles. The largest absolute Gasteiger partial charge is 0.447 e. The number of carbonyl (C=O) groups is 1. The van der Waals surface area contributed by atoms with Crippen LogP contribution in [0.25, 0.3) is 0 Å². The van der Waals surface area contributed by atoms with E-state index >= 15 is 0 Å². The second-order valence-electron chi connectivity index (χ2n) is 4.59. The van der Waals surface area contributed by atoms with Crippen LogP contribution in [0.3, 0.4) is 0 Å². The Hall–Kier alpha value is -2.85. The Labute approximate surface area is 136 Å². The van der Waals surface area contributed by atoms with Crippen LogP contribution in [0.2, 0.25) is 0 Å². The van der Waals surface area contributed by atoms with Crippen molar-refractivity contribution < 1.29 is 14.5 Å². The van der Waals surface area contributed by atoms with Gasteiger partial charge in [0.25, 0.3) is 5.69 Å². The zero-order chi connectivity index (χ0) is 16.8. The van der Waals surface area contributed by atoms with E-state index in [4.69, 9.17) is 5.26 Å². The van der Waals surface area contributed by atoms with Crippen LogP contribution in [-0.2, 0) is 4.74 Å². The van der Waals surface area contributed by atoms with Crippen molar-refractivity contribution in [3.8, 4) is 6.07 Å². The van der Waals surface area contributed by atoms with Crippen LogP contribution in [0.1, 0.15) is 15.9 Å². The number of nitrogens with zero attached hydrogens (tertiary/aromatic N) is 2. The first-order valence-electron chi connectivity index (χ1n) is 6.58. The van der Waals surface area contributed by atoms with Gasteiger partial charge in [-0.25, -0.2) is 4.79 Å². The summed E-state index contributed by atoms with van der Waals surface area (Å²) < 4.78 is 4.65. The van der Waals surface area contributed by atoms with E-state index in [0.29, 0.717) is 4.90 Å². The Morgan fingerprint density at radius 1 is 1.30 bits per heavy atom. The van der Waals surface area contributed by atoms with Gasteiger partial charge in [0.15, 0.2) is 6.61 Å². The summed E-state index contributed by atoms with van der Waals surface area (Å²) in [5.74, 6) is -0.762. The minimum atomic E-state index is -0.762. The number of rotatable bonds is 5. The number of benzene rings is 2. The monoisotopic (exact) mass is 328 g/mol. The first kappa shape index (κ1) is 16.5. The van der Waals surface area contributed by atoms with Gasteiger partial charge < -0.3 is 4.74 Å². The molecule has 116 valence electrons. The number of ether oxygens (including phenoxy) is 1. The van der Waals surface area contributed by atoms with E-state index in [-0.39, 0.29) is 11.3 Å². The minimum Gasteiger partial charge on any atom is -0.447 e. The highest BCUT2D eigenvalue weighted by atomic mass is 32.2. The first-order chi connectivity index (χ1) is 11.0. The molecule has 0 saturated carbocycles. The number of nitro groups is 1. The van der Waals surface area contributed by atoms with Gasteiger partial charge in [-0.05, 0) is 31.2 Å². The highest BCUT2D eigenvalue weighted by Crippen LogP contribution is 2.35. The van der Waals surface area contributed by atoms with E-state index in [2.05, 4.69) is 4.74 Å². The predicted octanol–water partition coefficient (Wildman–Crippen LogP) is 3.73. The molecular weight excluding hydrogens is 316 g/mol. The summed E-state index contributed by atoms with van der Waals surface area (Å²) in [4.78, 5) is 23.7. The van der Waals surface area contributed by atoms with Gasteiger partial charge in [-0.3, -0.25) is 10.1 Å². The van der Waals surface area contributed by atoms with Crippen molar-refractivity contribution in [1.82, 2.24) is 0 Å². The van der Waals surface area contributed by atoms with Crippen LogP contribution in [0.5, 0.6) is 0 Å². The second-order valence-corrected chi connectivity index (χ2v) is 5.70. The summed E-state index contributed by atoms with van der Waals surface area (Å²) in [5, 5.41) is 19.6. The number of aryl methyl sites for hydroxylation is 1. The van der Waals surface area contributed by atoms with E-state index in [1.54, 1.807) is 6.07 Å². The maximum Gasteiger partial charge on any atom is 0.339 e. The quantitative estimate of drug-likeness (QED) is 0.471. The third-order valence-electron chi connectivity index (χ3n) is 2.91. The van der Waals surface area contributed by atoms with E-state index < -0.39 is 17.5 Å². The number of esters is 1.